The molecule has 1 fully saturated rings. The van der Waals surface area contributed by atoms with Crippen molar-refractivity contribution >= 4 is 5.97 Å². The summed E-state index contributed by atoms with van der Waals surface area (Å²) in [6.45, 7) is 3.87. The Bertz CT molecular complexity index is 778. The van der Waals surface area contributed by atoms with Gasteiger partial charge in [0.05, 0.1) is 26.4 Å². The van der Waals surface area contributed by atoms with Crippen LogP contribution in [0.5, 0.6) is 5.75 Å². The van der Waals surface area contributed by atoms with Crippen molar-refractivity contribution in [1.29, 1.82) is 0 Å². The predicted molar refractivity (Wildman–Crippen MR) is 109 cm³/mol. The summed E-state index contributed by atoms with van der Waals surface area (Å²) in [5, 5.41) is 8.90. The van der Waals surface area contributed by atoms with E-state index in [1.54, 1.807) is 12.0 Å². The Morgan fingerprint density at radius 3 is 2.71 bits per heavy atom. The normalized spacial score (nSPS) is 17.6. The van der Waals surface area contributed by atoms with E-state index in [0.29, 0.717) is 13.2 Å². The molecule has 0 aliphatic carbocycles. The summed E-state index contributed by atoms with van der Waals surface area (Å²) in [5.74, 6) is 0.0575. The number of benzene rings is 2. The third-order valence-corrected chi connectivity index (χ3v) is 4.92. The summed E-state index contributed by atoms with van der Waals surface area (Å²) in [7, 11) is 3.50. The molecule has 1 heterocycles. The number of aliphatic carboxylic acids is 1. The molecule has 1 saturated heterocycles. The molecule has 0 saturated carbocycles. The number of para-hydroxylation sites is 1. The van der Waals surface area contributed by atoms with Crippen molar-refractivity contribution in [2.24, 2.45) is 0 Å². The third-order valence-electron chi connectivity index (χ3n) is 4.92. The van der Waals surface area contributed by atoms with Crippen LogP contribution in [0.15, 0.2) is 48.5 Å². The Labute approximate surface area is 166 Å². The number of carbonyl (C=O) groups is 1. The first kappa shape index (κ1) is 20.3. The van der Waals surface area contributed by atoms with E-state index in [1.807, 2.05) is 25.2 Å². The van der Waals surface area contributed by atoms with E-state index < -0.39 is 5.97 Å². The number of methoxy groups -OCH3 is 1. The van der Waals surface area contributed by atoms with E-state index in [9.17, 15) is 4.79 Å². The lowest BCUT2D eigenvalue weighted by atomic mass is 10.0. The summed E-state index contributed by atoms with van der Waals surface area (Å²) in [5.41, 5.74) is 3.47. The minimum Gasteiger partial charge on any atom is -0.496 e. The molecule has 6 heteroatoms. The molecule has 0 spiro atoms. The highest BCUT2D eigenvalue weighted by Crippen LogP contribution is 2.29. The lowest BCUT2D eigenvalue weighted by Gasteiger charge is -2.34. The van der Waals surface area contributed by atoms with Gasteiger partial charge in [-0.15, -0.1) is 0 Å². The Hall–Kier alpha value is -2.41. The topological polar surface area (TPSA) is 62.2 Å². The molecule has 6 nitrogen and oxygen atoms in total. The van der Waals surface area contributed by atoms with Crippen molar-refractivity contribution < 1.29 is 19.4 Å². The number of morpholine rings is 1. The fraction of sp³-hybridized carbons (Fsp3) is 0.409. The molecular formula is C22H28N2O4. The van der Waals surface area contributed by atoms with Crippen LogP contribution in [0.2, 0.25) is 0 Å². The van der Waals surface area contributed by atoms with E-state index in [1.165, 1.54) is 5.56 Å². The average molecular weight is 384 g/mol. The van der Waals surface area contributed by atoms with Crippen LogP contribution in [0.3, 0.4) is 0 Å². The molecule has 0 amide bonds. The smallest absolute Gasteiger partial charge is 0.317 e. The largest absolute Gasteiger partial charge is 0.496 e. The zero-order valence-electron chi connectivity index (χ0n) is 16.5. The second-order valence-corrected chi connectivity index (χ2v) is 7.22. The number of hydrogen-bond acceptors (Lipinski definition) is 5. The third kappa shape index (κ3) is 5.55. The highest BCUT2D eigenvalue weighted by molar-refractivity contribution is 5.70. The quantitative estimate of drug-likeness (QED) is 0.755. The molecule has 150 valence electrons. The van der Waals surface area contributed by atoms with Crippen LogP contribution in [0, 0.1) is 0 Å². The van der Waals surface area contributed by atoms with Gasteiger partial charge in [0, 0.05) is 31.7 Å². The van der Waals surface area contributed by atoms with Crippen molar-refractivity contribution in [3.63, 3.8) is 0 Å². The zero-order chi connectivity index (χ0) is 19.9. The second-order valence-electron chi connectivity index (χ2n) is 7.22. The Morgan fingerprint density at radius 1 is 1.25 bits per heavy atom. The summed E-state index contributed by atoms with van der Waals surface area (Å²) < 4.78 is 11.3. The zero-order valence-corrected chi connectivity index (χ0v) is 16.5. The van der Waals surface area contributed by atoms with Gasteiger partial charge in [-0.2, -0.15) is 0 Å². The fourth-order valence-corrected chi connectivity index (χ4v) is 3.61. The Balaban J connectivity index is 1.58. The van der Waals surface area contributed by atoms with Crippen molar-refractivity contribution in [2.75, 3.05) is 46.9 Å². The lowest BCUT2D eigenvalue weighted by molar-refractivity contribution is -0.138. The number of nitrogens with zero attached hydrogens (tertiary/aromatic N) is 2. The van der Waals surface area contributed by atoms with E-state index in [0.717, 1.165) is 36.5 Å². The summed E-state index contributed by atoms with van der Waals surface area (Å²) in [4.78, 5) is 15.0. The molecule has 3 rings (SSSR count). The molecule has 0 aromatic heterocycles. The highest BCUT2D eigenvalue weighted by atomic mass is 16.5. The van der Waals surface area contributed by atoms with Crippen LogP contribution < -0.4 is 4.74 Å². The number of rotatable bonds is 8. The van der Waals surface area contributed by atoms with Gasteiger partial charge in [-0.25, -0.2) is 0 Å². The van der Waals surface area contributed by atoms with Gasteiger partial charge in [0.15, 0.2) is 0 Å². The van der Waals surface area contributed by atoms with E-state index in [2.05, 4.69) is 35.2 Å². The van der Waals surface area contributed by atoms with Gasteiger partial charge in [0.25, 0.3) is 0 Å². The molecule has 1 N–H and O–H groups in total. The first-order valence-corrected chi connectivity index (χ1v) is 9.52. The molecular weight excluding hydrogens is 356 g/mol. The first-order chi connectivity index (χ1) is 13.5. The van der Waals surface area contributed by atoms with Crippen molar-refractivity contribution in [3.05, 3.63) is 54.1 Å². The predicted octanol–water partition coefficient (Wildman–Crippen LogP) is 2.58. The van der Waals surface area contributed by atoms with Gasteiger partial charge in [-0.1, -0.05) is 42.5 Å². The van der Waals surface area contributed by atoms with Gasteiger partial charge < -0.3 is 14.6 Å². The molecule has 0 bridgehead atoms. The minimum absolute atomic E-state index is 0.0320. The van der Waals surface area contributed by atoms with E-state index in [4.69, 9.17) is 14.6 Å². The van der Waals surface area contributed by atoms with Gasteiger partial charge in [-0.3, -0.25) is 14.6 Å². The lowest BCUT2D eigenvalue weighted by Crippen LogP contribution is -2.47. The highest BCUT2D eigenvalue weighted by Gasteiger charge is 2.22. The van der Waals surface area contributed by atoms with Crippen LogP contribution in [0.25, 0.3) is 11.1 Å². The average Bonchev–Trinajstić information content (AvgIpc) is 2.68. The van der Waals surface area contributed by atoms with Crippen molar-refractivity contribution in [2.45, 2.75) is 12.6 Å². The van der Waals surface area contributed by atoms with Gasteiger partial charge in [0.2, 0.25) is 0 Å². The summed E-state index contributed by atoms with van der Waals surface area (Å²) in [6.07, 6.45) is 0.0333. The maximum absolute atomic E-state index is 10.8. The molecule has 2 aromatic rings. The van der Waals surface area contributed by atoms with Gasteiger partial charge in [0.1, 0.15) is 5.75 Å². The monoisotopic (exact) mass is 384 g/mol. The molecule has 28 heavy (non-hydrogen) atoms. The van der Waals surface area contributed by atoms with Crippen LogP contribution in [-0.4, -0.2) is 73.9 Å². The second kappa shape index (κ2) is 9.68. The van der Waals surface area contributed by atoms with Crippen LogP contribution in [-0.2, 0) is 16.1 Å². The molecule has 1 aliphatic heterocycles. The maximum atomic E-state index is 10.8. The standard InChI is InChI=1S/C22H28N2O4/c1-23(16-22(25)26)14-19-15-24(11-12-28-19)13-17-7-9-18(10-8-17)20-5-3-4-6-21(20)27-2/h3-10,19H,11-16H2,1-2H3,(H,25,26). The number of carboxylic acids is 1. The van der Waals surface area contributed by atoms with Gasteiger partial charge in [-0.05, 0) is 24.2 Å². The Morgan fingerprint density at radius 2 is 2.00 bits per heavy atom. The van der Waals surface area contributed by atoms with Gasteiger partial charge >= 0.3 is 5.97 Å². The molecule has 0 radical (unpaired) electrons. The van der Waals surface area contributed by atoms with E-state index >= 15 is 0 Å². The Kier molecular flexibility index (Phi) is 7.03. The molecule has 1 unspecified atom stereocenters. The fourth-order valence-electron chi connectivity index (χ4n) is 3.61. The molecule has 1 atom stereocenters. The SMILES string of the molecule is COc1ccccc1-c1ccc(CN2CCOC(CN(C)CC(=O)O)C2)cc1. The van der Waals surface area contributed by atoms with Crippen LogP contribution >= 0.6 is 0 Å². The molecule has 1 aliphatic rings. The van der Waals surface area contributed by atoms with E-state index in [-0.39, 0.29) is 12.6 Å². The number of carboxylic acid groups (broad SMARTS) is 1. The van der Waals surface area contributed by atoms with Crippen LogP contribution in [0.4, 0.5) is 0 Å². The summed E-state index contributed by atoms with van der Waals surface area (Å²) >= 11 is 0. The number of hydrogen-bond donors (Lipinski definition) is 1. The van der Waals surface area contributed by atoms with Crippen LogP contribution in [0.1, 0.15) is 5.56 Å². The maximum Gasteiger partial charge on any atom is 0.317 e. The minimum atomic E-state index is -0.815. The summed E-state index contributed by atoms with van der Waals surface area (Å²) in [6, 6.07) is 16.6. The van der Waals surface area contributed by atoms with Crippen molar-refractivity contribution in [3.8, 4) is 16.9 Å². The number of likely N-dealkylation sites (N-methyl/N-ethyl adjacent to an activating group) is 1. The number of ether oxygens (including phenoxy) is 2. The first-order valence-electron chi connectivity index (χ1n) is 9.52. The van der Waals surface area contributed by atoms with Crippen molar-refractivity contribution in [1.82, 2.24) is 9.80 Å². The molecule has 2 aromatic carbocycles.